The van der Waals surface area contributed by atoms with E-state index < -0.39 is 18.3 Å². The van der Waals surface area contributed by atoms with Gasteiger partial charge in [-0.2, -0.15) is 0 Å². The third-order valence-corrected chi connectivity index (χ3v) is 5.21. The second-order valence-electron chi connectivity index (χ2n) is 6.39. The van der Waals surface area contributed by atoms with Crippen molar-refractivity contribution in [3.8, 4) is 27.8 Å². The Balaban J connectivity index is 1.72. The molecule has 0 saturated heterocycles. The van der Waals surface area contributed by atoms with Gasteiger partial charge in [0.2, 0.25) is 0 Å². The van der Waals surface area contributed by atoms with Gasteiger partial charge in [0.25, 0.3) is 5.91 Å². The highest BCUT2D eigenvalue weighted by atomic mass is 32.1. The van der Waals surface area contributed by atoms with Gasteiger partial charge in [-0.1, -0.05) is 18.2 Å². The number of alkyl halides is 3. The van der Waals surface area contributed by atoms with Crippen molar-refractivity contribution in [2.45, 2.75) is 19.3 Å². The first-order valence-electron chi connectivity index (χ1n) is 9.05. The molecule has 0 saturated carbocycles. The second kappa shape index (κ2) is 9.25. The van der Waals surface area contributed by atoms with Crippen molar-refractivity contribution in [3.05, 3.63) is 59.1 Å². The molecule has 1 aromatic heterocycles. The van der Waals surface area contributed by atoms with Crippen LogP contribution in [0.5, 0.6) is 17.2 Å². The van der Waals surface area contributed by atoms with E-state index in [0.717, 1.165) is 0 Å². The lowest BCUT2D eigenvalue weighted by molar-refractivity contribution is -0.274. The van der Waals surface area contributed by atoms with E-state index >= 15 is 0 Å². The van der Waals surface area contributed by atoms with Crippen molar-refractivity contribution >= 4 is 17.2 Å². The predicted molar refractivity (Wildman–Crippen MR) is 110 cm³/mol. The Labute approximate surface area is 180 Å². The average molecular weight is 452 g/mol. The van der Waals surface area contributed by atoms with Gasteiger partial charge in [-0.15, -0.1) is 24.5 Å². The van der Waals surface area contributed by atoms with Crippen LogP contribution in [0, 0.1) is 0 Å². The highest BCUT2D eigenvalue weighted by Gasteiger charge is 2.31. The Morgan fingerprint density at radius 1 is 1.10 bits per heavy atom. The van der Waals surface area contributed by atoms with Gasteiger partial charge in [-0.25, -0.2) is 4.98 Å². The first-order valence-corrected chi connectivity index (χ1v) is 9.93. The molecule has 3 aromatic rings. The molecule has 3 rings (SSSR count). The fourth-order valence-corrected chi connectivity index (χ4v) is 3.69. The summed E-state index contributed by atoms with van der Waals surface area (Å²) in [5.74, 6) is 0.326. The lowest BCUT2D eigenvalue weighted by atomic mass is 10.1. The summed E-state index contributed by atoms with van der Waals surface area (Å²) in [6.07, 6.45) is -4.75. The summed E-state index contributed by atoms with van der Waals surface area (Å²) >= 11 is 1.28. The maximum Gasteiger partial charge on any atom is 0.573 e. The molecule has 0 aliphatic carbocycles. The van der Waals surface area contributed by atoms with Crippen LogP contribution in [0.1, 0.15) is 29.0 Å². The van der Waals surface area contributed by atoms with E-state index in [1.165, 1.54) is 49.8 Å². The second-order valence-corrected chi connectivity index (χ2v) is 7.25. The average Bonchev–Trinajstić information content (AvgIpc) is 3.22. The molecule has 1 atom stereocenters. The predicted octanol–water partition coefficient (Wildman–Crippen LogP) is 5.22. The number of aromatic nitrogens is 1. The number of hydrogen-bond donors (Lipinski definition) is 1. The number of amides is 1. The minimum Gasteiger partial charge on any atom is -0.493 e. The smallest absolute Gasteiger partial charge is 0.493 e. The van der Waals surface area contributed by atoms with E-state index in [0.29, 0.717) is 27.6 Å². The van der Waals surface area contributed by atoms with E-state index in [9.17, 15) is 18.0 Å². The van der Waals surface area contributed by atoms with Gasteiger partial charge in [0.15, 0.2) is 11.5 Å². The van der Waals surface area contributed by atoms with Gasteiger partial charge in [0.1, 0.15) is 16.5 Å². The summed E-state index contributed by atoms with van der Waals surface area (Å²) in [6.45, 7) is 1.72. The number of thiazole rings is 1. The number of nitrogens with one attached hydrogen (secondary N) is 1. The van der Waals surface area contributed by atoms with Crippen molar-refractivity contribution in [1.82, 2.24) is 10.3 Å². The summed E-state index contributed by atoms with van der Waals surface area (Å²) in [6, 6.07) is 10.2. The third-order valence-electron chi connectivity index (χ3n) is 4.33. The molecule has 1 unspecified atom stereocenters. The number of rotatable bonds is 7. The van der Waals surface area contributed by atoms with Crippen LogP contribution >= 0.6 is 11.3 Å². The van der Waals surface area contributed by atoms with Crippen LogP contribution in [0.15, 0.2) is 47.8 Å². The minimum atomic E-state index is -4.75. The Kier molecular flexibility index (Phi) is 6.69. The van der Waals surface area contributed by atoms with Crippen molar-refractivity contribution in [2.75, 3.05) is 14.2 Å². The largest absolute Gasteiger partial charge is 0.573 e. The monoisotopic (exact) mass is 452 g/mol. The van der Waals surface area contributed by atoms with Gasteiger partial charge >= 0.3 is 6.36 Å². The molecule has 2 aromatic carbocycles. The minimum absolute atomic E-state index is 0.216. The number of ether oxygens (including phenoxy) is 3. The number of methoxy groups -OCH3 is 2. The molecule has 164 valence electrons. The zero-order valence-electron chi connectivity index (χ0n) is 16.8. The number of halogens is 3. The quantitative estimate of drug-likeness (QED) is 0.533. The summed E-state index contributed by atoms with van der Waals surface area (Å²) in [4.78, 5) is 17.0. The topological polar surface area (TPSA) is 69.7 Å². The summed E-state index contributed by atoms with van der Waals surface area (Å²) in [5, 5.41) is 4.99. The van der Waals surface area contributed by atoms with Gasteiger partial charge in [-0.05, 0) is 36.8 Å². The molecule has 1 amide bonds. The molecule has 1 heterocycles. The maximum absolute atomic E-state index is 12.6. The van der Waals surface area contributed by atoms with Crippen LogP contribution in [0.4, 0.5) is 13.2 Å². The first kappa shape index (κ1) is 22.4. The SMILES string of the molecule is COc1cccc(-c2nc(C(=O)NC(C)c3ccc(OC(F)(F)F)cc3)cs2)c1OC. The van der Waals surface area contributed by atoms with Crippen molar-refractivity contribution in [2.24, 2.45) is 0 Å². The molecular formula is C21H19F3N2O4S. The number of carbonyl (C=O) groups excluding carboxylic acids is 1. The summed E-state index contributed by atoms with van der Waals surface area (Å²) in [5.41, 5.74) is 1.53. The highest BCUT2D eigenvalue weighted by Crippen LogP contribution is 2.39. The summed E-state index contributed by atoms with van der Waals surface area (Å²) in [7, 11) is 3.06. The fourth-order valence-electron chi connectivity index (χ4n) is 2.87. The van der Waals surface area contributed by atoms with Crippen LogP contribution < -0.4 is 19.5 Å². The van der Waals surface area contributed by atoms with Crippen LogP contribution in [0.2, 0.25) is 0 Å². The summed E-state index contributed by atoms with van der Waals surface area (Å²) < 4.78 is 51.4. The molecule has 0 fully saturated rings. The Bertz CT molecular complexity index is 1050. The zero-order chi connectivity index (χ0) is 22.6. The molecule has 0 aliphatic heterocycles. The molecule has 6 nitrogen and oxygen atoms in total. The fraction of sp³-hybridized carbons (Fsp3) is 0.238. The van der Waals surface area contributed by atoms with Crippen molar-refractivity contribution < 1.29 is 32.2 Å². The van der Waals surface area contributed by atoms with Crippen LogP contribution in [-0.4, -0.2) is 31.5 Å². The highest BCUT2D eigenvalue weighted by molar-refractivity contribution is 7.13. The van der Waals surface area contributed by atoms with Gasteiger partial charge in [0.05, 0.1) is 25.8 Å². The van der Waals surface area contributed by atoms with Crippen molar-refractivity contribution in [1.29, 1.82) is 0 Å². The van der Waals surface area contributed by atoms with E-state index in [4.69, 9.17) is 9.47 Å². The molecular weight excluding hydrogens is 433 g/mol. The number of para-hydroxylation sites is 1. The molecule has 0 radical (unpaired) electrons. The Morgan fingerprint density at radius 2 is 1.81 bits per heavy atom. The Hall–Kier alpha value is -3.27. The van der Waals surface area contributed by atoms with E-state index in [2.05, 4.69) is 15.0 Å². The van der Waals surface area contributed by atoms with E-state index in [-0.39, 0.29) is 11.4 Å². The molecule has 0 bridgehead atoms. The number of nitrogens with zero attached hydrogens (tertiary/aromatic N) is 1. The normalized spacial score (nSPS) is 12.2. The molecule has 0 aliphatic rings. The standard InChI is InChI=1S/C21H19F3N2O4S/c1-12(13-7-9-14(10-8-13)30-21(22,23)24)25-19(27)16-11-31-20(26-16)15-5-4-6-17(28-2)18(15)29-3/h4-12H,1-3H3,(H,25,27). The first-order chi connectivity index (χ1) is 14.7. The van der Waals surface area contributed by atoms with Crippen LogP contribution in [0.3, 0.4) is 0 Å². The Morgan fingerprint density at radius 3 is 2.42 bits per heavy atom. The molecule has 1 N–H and O–H groups in total. The zero-order valence-corrected chi connectivity index (χ0v) is 17.6. The molecule has 31 heavy (non-hydrogen) atoms. The lowest BCUT2D eigenvalue weighted by Gasteiger charge is -2.15. The number of carbonyl (C=O) groups is 1. The number of hydrogen-bond acceptors (Lipinski definition) is 6. The van der Waals surface area contributed by atoms with E-state index in [1.807, 2.05) is 6.07 Å². The van der Waals surface area contributed by atoms with Gasteiger partial charge < -0.3 is 19.5 Å². The van der Waals surface area contributed by atoms with E-state index in [1.54, 1.807) is 24.4 Å². The van der Waals surface area contributed by atoms with Crippen LogP contribution in [-0.2, 0) is 0 Å². The molecule has 10 heteroatoms. The van der Waals surface area contributed by atoms with Gasteiger partial charge in [-0.3, -0.25) is 4.79 Å². The lowest BCUT2D eigenvalue weighted by Crippen LogP contribution is -2.26. The number of benzene rings is 2. The third kappa shape index (κ3) is 5.46. The van der Waals surface area contributed by atoms with Crippen molar-refractivity contribution in [3.63, 3.8) is 0 Å². The van der Waals surface area contributed by atoms with Gasteiger partial charge in [0, 0.05) is 5.38 Å². The maximum atomic E-state index is 12.6. The molecule has 0 spiro atoms. The van der Waals surface area contributed by atoms with Crippen LogP contribution in [0.25, 0.3) is 10.6 Å².